The molecule has 0 saturated carbocycles. The van der Waals surface area contributed by atoms with Crippen molar-refractivity contribution in [3.05, 3.63) is 47.0 Å². The number of hydrogen-bond acceptors (Lipinski definition) is 4. The smallest absolute Gasteiger partial charge is 0.230 e. The molecule has 112 valence electrons. The summed E-state index contributed by atoms with van der Waals surface area (Å²) in [5.74, 6) is 2.04. The summed E-state index contributed by atoms with van der Waals surface area (Å²) in [7, 11) is 1.89. The zero-order valence-corrected chi connectivity index (χ0v) is 13.3. The molecule has 0 unspecified atom stereocenters. The molecule has 1 heterocycles. The van der Waals surface area contributed by atoms with Crippen molar-refractivity contribution in [2.24, 2.45) is 7.05 Å². The van der Waals surface area contributed by atoms with Gasteiger partial charge in [-0.15, -0.1) is 22.0 Å². The molecule has 2 rings (SSSR count). The van der Waals surface area contributed by atoms with Crippen molar-refractivity contribution in [3.8, 4) is 0 Å². The third kappa shape index (κ3) is 5.06. The molecular formula is C14H17ClN4OS. The van der Waals surface area contributed by atoms with Crippen LogP contribution >= 0.6 is 23.4 Å². The number of rotatable bonds is 7. The quantitative estimate of drug-likeness (QED) is 0.847. The fourth-order valence-corrected chi connectivity index (χ4v) is 2.91. The predicted octanol–water partition coefficient (Wildman–Crippen LogP) is 2.06. The van der Waals surface area contributed by atoms with Gasteiger partial charge in [-0.1, -0.05) is 29.8 Å². The standard InChI is InChI=1S/C14H17ClN4OS/c1-19-10-17-18-13(19)6-7-16-14(20)9-21-8-11-4-2-3-5-12(11)15/h2-5,10H,6-9H2,1H3,(H,16,20). The lowest BCUT2D eigenvalue weighted by atomic mass is 10.2. The fourth-order valence-electron chi connectivity index (χ4n) is 1.77. The molecule has 0 fully saturated rings. The van der Waals surface area contributed by atoms with E-state index in [4.69, 9.17) is 11.6 Å². The fraction of sp³-hybridized carbons (Fsp3) is 0.357. The summed E-state index contributed by atoms with van der Waals surface area (Å²) in [4.78, 5) is 11.7. The first-order valence-corrected chi connectivity index (χ1v) is 8.11. The molecule has 0 radical (unpaired) electrons. The molecule has 21 heavy (non-hydrogen) atoms. The number of carbonyl (C=O) groups is 1. The Balaban J connectivity index is 1.64. The molecule has 7 heteroatoms. The van der Waals surface area contributed by atoms with E-state index in [9.17, 15) is 4.79 Å². The third-order valence-electron chi connectivity index (χ3n) is 2.92. The van der Waals surface area contributed by atoms with Crippen molar-refractivity contribution >= 4 is 29.3 Å². The van der Waals surface area contributed by atoms with Crippen LogP contribution in [-0.2, 0) is 24.0 Å². The van der Waals surface area contributed by atoms with Crippen molar-refractivity contribution < 1.29 is 4.79 Å². The van der Waals surface area contributed by atoms with Gasteiger partial charge in [0.25, 0.3) is 0 Å². The number of benzene rings is 1. The highest BCUT2D eigenvalue weighted by Gasteiger charge is 2.05. The zero-order valence-electron chi connectivity index (χ0n) is 11.8. The minimum Gasteiger partial charge on any atom is -0.355 e. The monoisotopic (exact) mass is 324 g/mol. The maximum absolute atomic E-state index is 11.7. The number of halogens is 1. The molecule has 5 nitrogen and oxygen atoms in total. The van der Waals surface area contributed by atoms with Gasteiger partial charge in [-0.25, -0.2) is 0 Å². The predicted molar refractivity (Wildman–Crippen MR) is 85.3 cm³/mol. The van der Waals surface area contributed by atoms with Gasteiger partial charge in [0, 0.05) is 30.8 Å². The summed E-state index contributed by atoms with van der Waals surface area (Å²) in [5, 5.41) is 11.4. The van der Waals surface area contributed by atoms with Gasteiger partial charge in [0.1, 0.15) is 12.2 Å². The van der Waals surface area contributed by atoms with E-state index >= 15 is 0 Å². The van der Waals surface area contributed by atoms with Crippen LogP contribution in [-0.4, -0.2) is 33.0 Å². The van der Waals surface area contributed by atoms with Crippen LogP contribution in [0.15, 0.2) is 30.6 Å². The lowest BCUT2D eigenvalue weighted by Crippen LogP contribution is -2.27. The summed E-state index contributed by atoms with van der Waals surface area (Å²) < 4.78 is 1.85. The second kappa shape index (κ2) is 8.05. The summed E-state index contributed by atoms with van der Waals surface area (Å²) in [6, 6.07) is 7.68. The first kappa shape index (κ1) is 15.9. The number of carbonyl (C=O) groups excluding carboxylic acids is 1. The van der Waals surface area contributed by atoms with E-state index in [0.29, 0.717) is 18.7 Å². The molecule has 0 aliphatic heterocycles. The Labute approximate surface area is 133 Å². The number of aryl methyl sites for hydroxylation is 1. The summed E-state index contributed by atoms with van der Waals surface area (Å²) in [6.45, 7) is 0.567. The molecule has 1 amide bonds. The number of thioether (sulfide) groups is 1. The van der Waals surface area contributed by atoms with Crippen molar-refractivity contribution in [3.63, 3.8) is 0 Å². The van der Waals surface area contributed by atoms with Crippen LogP contribution in [0.2, 0.25) is 5.02 Å². The van der Waals surface area contributed by atoms with Gasteiger partial charge in [-0.2, -0.15) is 0 Å². The van der Waals surface area contributed by atoms with E-state index in [1.807, 2.05) is 35.9 Å². The largest absolute Gasteiger partial charge is 0.355 e. The second-order valence-corrected chi connectivity index (χ2v) is 5.94. The van der Waals surface area contributed by atoms with E-state index in [1.54, 1.807) is 18.1 Å². The van der Waals surface area contributed by atoms with Crippen LogP contribution in [0.3, 0.4) is 0 Å². The number of amides is 1. The highest BCUT2D eigenvalue weighted by Crippen LogP contribution is 2.20. The lowest BCUT2D eigenvalue weighted by molar-refractivity contribution is -0.118. The molecule has 0 aliphatic carbocycles. The van der Waals surface area contributed by atoms with Crippen molar-refractivity contribution in [2.45, 2.75) is 12.2 Å². The van der Waals surface area contributed by atoms with Crippen molar-refractivity contribution in [2.75, 3.05) is 12.3 Å². The molecule has 0 atom stereocenters. The molecule has 2 aromatic rings. The molecule has 0 aliphatic rings. The van der Waals surface area contributed by atoms with Crippen LogP contribution in [0.4, 0.5) is 0 Å². The van der Waals surface area contributed by atoms with Crippen LogP contribution < -0.4 is 5.32 Å². The normalized spacial score (nSPS) is 10.6. The zero-order chi connectivity index (χ0) is 15.1. The number of hydrogen-bond donors (Lipinski definition) is 1. The summed E-state index contributed by atoms with van der Waals surface area (Å²) in [5.41, 5.74) is 1.05. The number of nitrogens with one attached hydrogen (secondary N) is 1. The van der Waals surface area contributed by atoms with Crippen LogP contribution in [0.1, 0.15) is 11.4 Å². The molecule has 1 aromatic carbocycles. The van der Waals surface area contributed by atoms with Gasteiger partial charge in [0.05, 0.1) is 5.75 Å². The van der Waals surface area contributed by atoms with Crippen LogP contribution in [0.25, 0.3) is 0 Å². The van der Waals surface area contributed by atoms with Gasteiger partial charge >= 0.3 is 0 Å². The van der Waals surface area contributed by atoms with E-state index in [0.717, 1.165) is 22.2 Å². The van der Waals surface area contributed by atoms with Crippen LogP contribution in [0, 0.1) is 0 Å². The third-order valence-corrected chi connectivity index (χ3v) is 4.27. The second-order valence-electron chi connectivity index (χ2n) is 4.54. The van der Waals surface area contributed by atoms with Gasteiger partial charge in [-0.3, -0.25) is 4.79 Å². The highest BCUT2D eigenvalue weighted by atomic mass is 35.5. The minimum atomic E-state index is 0.0224. The highest BCUT2D eigenvalue weighted by molar-refractivity contribution is 7.99. The lowest BCUT2D eigenvalue weighted by Gasteiger charge is -2.06. The van der Waals surface area contributed by atoms with Gasteiger partial charge in [0.2, 0.25) is 5.91 Å². The Morgan fingerprint density at radius 2 is 2.24 bits per heavy atom. The number of aromatic nitrogens is 3. The van der Waals surface area contributed by atoms with E-state index in [1.165, 1.54) is 0 Å². The van der Waals surface area contributed by atoms with E-state index in [2.05, 4.69) is 15.5 Å². The maximum Gasteiger partial charge on any atom is 0.230 e. The molecule has 1 N–H and O–H groups in total. The topological polar surface area (TPSA) is 59.8 Å². The van der Waals surface area contributed by atoms with E-state index in [-0.39, 0.29) is 5.91 Å². The molecule has 0 bridgehead atoms. The Bertz CT molecular complexity index is 602. The summed E-state index contributed by atoms with van der Waals surface area (Å²) in [6.07, 6.45) is 2.33. The maximum atomic E-state index is 11.7. The Morgan fingerprint density at radius 1 is 1.43 bits per heavy atom. The summed E-state index contributed by atoms with van der Waals surface area (Å²) >= 11 is 7.62. The van der Waals surface area contributed by atoms with Gasteiger partial charge in [-0.05, 0) is 11.6 Å². The molecule has 0 spiro atoms. The Morgan fingerprint density at radius 3 is 2.95 bits per heavy atom. The molecule has 1 aromatic heterocycles. The Kier molecular flexibility index (Phi) is 6.07. The molecule has 0 saturated heterocycles. The van der Waals surface area contributed by atoms with Crippen LogP contribution in [0.5, 0.6) is 0 Å². The van der Waals surface area contributed by atoms with E-state index < -0.39 is 0 Å². The van der Waals surface area contributed by atoms with Gasteiger partial charge in [0.15, 0.2) is 0 Å². The first-order chi connectivity index (χ1) is 10.2. The Hall–Kier alpha value is -1.53. The van der Waals surface area contributed by atoms with Crippen molar-refractivity contribution in [1.29, 1.82) is 0 Å². The average molecular weight is 325 g/mol. The minimum absolute atomic E-state index is 0.0224. The van der Waals surface area contributed by atoms with Crippen molar-refractivity contribution in [1.82, 2.24) is 20.1 Å². The average Bonchev–Trinajstić information content (AvgIpc) is 2.87. The number of nitrogens with zero attached hydrogens (tertiary/aromatic N) is 3. The molecular weight excluding hydrogens is 308 g/mol. The van der Waals surface area contributed by atoms with Gasteiger partial charge < -0.3 is 9.88 Å². The first-order valence-electron chi connectivity index (χ1n) is 6.57. The SMILES string of the molecule is Cn1cnnc1CCNC(=O)CSCc1ccccc1Cl.